The summed E-state index contributed by atoms with van der Waals surface area (Å²) >= 11 is 0. The van der Waals surface area contributed by atoms with Gasteiger partial charge in [-0.15, -0.1) is 0 Å². The molecule has 0 aliphatic carbocycles. The summed E-state index contributed by atoms with van der Waals surface area (Å²) in [6.45, 7) is 6.09. The maximum absolute atomic E-state index is 12.0. The second-order valence-electron chi connectivity index (χ2n) is 6.19. The van der Waals surface area contributed by atoms with E-state index in [1.807, 2.05) is 0 Å². The third kappa shape index (κ3) is 3.36. The van der Waals surface area contributed by atoms with Crippen LogP contribution in [-0.2, 0) is 4.74 Å². The zero-order valence-corrected chi connectivity index (χ0v) is 12.8. The molecule has 8 nitrogen and oxygen atoms in total. The molecular weight excluding hydrogens is 288 g/mol. The Hall–Kier alpha value is -2.56. The molecule has 1 aliphatic rings. The fourth-order valence-corrected chi connectivity index (χ4v) is 2.30. The van der Waals surface area contributed by atoms with Gasteiger partial charge in [-0.3, -0.25) is 14.3 Å². The largest absolute Gasteiger partial charge is 0.444 e. The number of likely N-dealkylation sites (tertiary alicyclic amines) is 1. The van der Waals surface area contributed by atoms with E-state index in [1.165, 1.54) is 15.7 Å². The van der Waals surface area contributed by atoms with E-state index >= 15 is 0 Å². The van der Waals surface area contributed by atoms with Crippen molar-refractivity contribution in [3.63, 3.8) is 0 Å². The number of H-pyrrole nitrogens is 1. The molecule has 0 spiro atoms. The highest BCUT2D eigenvalue weighted by Gasteiger charge is 2.31. The van der Waals surface area contributed by atoms with E-state index in [2.05, 4.69) is 4.98 Å². The molecule has 0 radical (unpaired) electrons. The number of hydrogen-bond acceptors (Lipinski definition) is 5. The molecule has 1 aromatic rings. The third-order valence-corrected chi connectivity index (χ3v) is 3.30. The maximum Gasteiger partial charge on any atom is 0.410 e. The molecule has 2 rings (SSSR count). The molecule has 0 unspecified atom stereocenters. The number of hydrogen-bond donors (Lipinski definition) is 1. The quantitative estimate of drug-likeness (QED) is 0.817. The molecule has 0 saturated carbocycles. The lowest BCUT2D eigenvalue weighted by Crippen LogP contribution is -2.37. The molecule has 1 amide bonds. The summed E-state index contributed by atoms with van der Waals surface area (Å²) in [6.07, 6.45) is 1.36. The SMILES string of the molecule is CC(C)(C)OC(=O)N1CC[C@H](n2cc(C#N)c(=O)[nH]c2=O)C1. The first-order valence-corrected chi connectivity index (χ1v) is 6.95. The fraction of sp³-hybridized carbons (Fsp3) is 0.571. The van der Waals surface area contributed by atoms with Crippen molar-refractivity contribution in [2.45, 2.75) is 38.8 Å². The average Bonchev–Trinajstić information content (AvgIpc) is 2.86. The zero-order chi connectivity index (χ0) is 16.5. The lowest BCUT2D eigenvalue weighted by Gasteiger charge is -2.24. The van der Waals surface area contributed by atoms with Gasteiger partial charge in [-0.2, -0.15) is 5.26 Å². The van der Waals surface area contributed by atoms with Gasteiger partial charge in [0.25, 0.3) is 5.56 Å². The second kappa shape index (κ2) is 5.67. The third-order valence-electron chi connectivity index (χ3n) is 3.30. The molecule has 0 bridgehead atoms. The van der Waals surface area contributed by atoms with Crippen LogP contribution in [-0.4, -0.2) is 39.2 Å². The van der Waals surface area contributed by atoms with Gasteiger partial charge in [0, 0.05) is 19.3 Å². The average molecular weight is 306 g/mol. The van der Waals surface area contributed by atoms with Gasteiger partial charge < -0.3 is 9.64 Å². The maximum atomic E-state index is 12.0. The number of ether oxygens (including phenoxy) is 1. The molecule has 0 aromatic carbocycles. The Labute approximate surface area is 126 Å². The number of nitriles is 1. The topological polar surface area (TPSA) is 108 Å². The highest BCUT2D eigenvalue weighted by atomic mass is 16.6. The number of amides is 1. The van der Waals surface area contributed by atoms with Gasteiger partial charge >= 0.3 is 11.8 Å². The lowest BCUT2D eigenvalue weighted by molar-refractivity contribution is 0.0288. The first kappa shape index (κ1) is 15.8. The van der Waals surface area contributed by atoms with Gasteiger partial charge in [0.15, 0.2) is 0 Å². The van der Waals surface area contributed by atoms with Crippen LogP contribution in [0.3, 0.4) is 0 Å². The van der Waals surface area contributed by atoms with Crippen LogP contribution in [0, 0.1) is 11.3 Å². The minimum atomic E-state index is -0.703. The van der Waals surface area contributed by atoms with Gasteiger partial charge in [0.2, 0.25) is 0 Å². The Bertz CT molecular complexity index is 735. The van der Waals surface area contributed by atoms with Gasteiger partial charge in [-0.1, -0.05) is 0 Å². The number of nitrogens with zero attached hydrogens (tertiary/aromatic N) is 3. The molecular formula is C14H18N4O4. The van der Waals surface area contributed by atoms with Crippen LogP contribution in [0.1, 0.15) is 38.8 Å². The fourth-order valence-electron chi connectivity index (χ4n) is 2.30. The summed E-state index contributed by atoms with van der Waals surface area (Å²) in [5.41, 5.74) is -2.00. The van der Waals surface area contributed by atoms with E-state index in [4.69, 9.17) is 10.00 Å². The van der Waals surface area contributed by atoms with Crippen LogP contribution < -0.4 is 11.2 Å². The van der Waals surface area contributed by atoms with Gasteiger partial charge in [-0.25, -0.2) is 9.59 Å². The molecule has 2 heterocycles. The van der Waals surface area contributed by atoms with Crippen molar-refractivity contribution in [1.82, 2.24) is 14.5 Å². The highest BCUT2D eigenvalue weighted by Crippen LogP contribution is 2.22. The van der Waals surface area contributed by atoms with Crippen LogP contribution in [0.2, 0.25) is 0 Å². The molecule has 1 aromatic heterocycles. The number of rotatable bonds is 1. The first-order valence-electron chi connectivity index (χ1n) is 6.95. The molecule has 8 heteroatoms. The van der Waals surface area contributed by atoms with Crippen molar-refractivity contribution >= 4 is 6.09 Å². The van der Waals surface area contributed by atoms with Crippen molar-refractivity contribution in [3.05, 3.63) is 32.6 Å². The van der Waals surface area contributed by atoms with Crippen LogP contribution >= 0.6 is 0 Å². The second-order valence-corrected chi connectivity index (χ2v) is 6.19. The molecule has 1 saturated heterocycles. The number of nitrogens with one attached hydrogen (secondary N) is 1. The van der Waals surface area contributed by atoms with Crippen LogP contribution in [0.15, 0.2) is 15.8 Å². The summed E-state index contributed by atoms with van der Waals surface area (Å²) in [4.78, 5) is 38.9. The summed E-state index contributed by atoms with van der Waals surface area (Å²) in [6, 6.07) is 1.45. The Morgan fingerprint density at radius 3 is 2.73 bits per heavy atom. The summed E-state index contributed by atoms with van der Waals surface area (Å²) in [5, 5.41) is 8.87. The number of aromatic nitrogens is 2. The Morgan fingerprint density at radius 1 is 1.45 bits per heavy atom. The summed E-state index contributed by atoms with van der Waals surface area (Å²) in [7, 11) is 0. The van der Waals surface area contributed by atoms with Crippen molar-refractivity contribution in [3.8, 4) is 6.07 Å². The predicted molar refractivity (Wildman–Crippen MR) is 77.5 cm³/mol. The Balaban J connectivity index is 2.18. The van der Waals surface area contributed by atoms with E-state index in [1.54, 1.807) is 26.8 Å². The van der Waals surface area contributed by atoms with E-state index in [-0.39, 0.29) is 11.6 Å². The summed E-state index contributed by atoms with van der Waals surface area (Å²) < 4.78 is 6.59. The van der Waals surface area contributed by atoms with E-state index in [9.17, 15) is 14.4 Å². The van der Waals surface area contributed by atoms with Gasteiger partial charge in [0.05, 0.1) is 6.04 Å². The molecule has 1 atom stereocenters. The van der Waals surface area contributed by atoms with E-state index in [0.717, 1.165) is 0 Å². The number of aromatic amines is 1. The molecule has 1 fully saturated rings. The first-order chi connectivity index (χ1) is 10.2. The van der Waals surface area contributed by atoms with E-state index < -0.39 is 22.9 Å². The van der Waals surface area contributed by atoms with Crippen molar-refractivity contribution in [2.24, 2.45) is 0 Å². The standard InChI is InChI=1S/C14H18N4O4/c1-14(2,3)22-13(21)17-5-4-10(8-17)18-7-9(6-15)11(19)16-12(18)20/h7,10H,4-5,8H2,1-3H3,(H,16,19,20)/t10-/m0/s1. The van der Waals surface area contributed by atoms with E-state index in [0.29, 0.717) is 19.5 Å². The number of carbonyl (C=O) groups excluding carboxylic acids is 1. The molecule has 1 aliphatic heterocycles. The van der Waals surface area contributed by atoms with Crippen LogP contribution in [0.4, 0.5) is 4.79 Å². The number of carbonyl (C=O) groups is 1. The molecule has 118 valence electrons. The Kier molecular flexibility index (Phi) is 4.08. The summed E-state index contributed by atoms with van der Waals surface area (Å²) in [5.74, 6) is 0. The Morgan fingerprint density at radius 2 is 2.14 bits per heavy atom. The van der Waals surface area contributed by atoms with Gasteiger partial charge in [-0.05, 0) is 27.2 Å². The van der Waals surface area contributed by atoms with Crippen LogP contribution in [0.25, 0.3) is 0 Å². The minimum Gasteiger partial charge on any atom is -0.444 e. The predicted octanol–water partition coefficient (Wildman–Crippen LogP) is 0.590. The lowest BCUT2D eigenvalue weighted by atomic mass is 10.2. The molecule has 1 N–H and O–H groups in total. The molecule has 22 heavy (non-hydrogen) atoms. The van der Waals surface area contributed by atoms with Crippen molar-refractivity contribution in [1.29, 1.82) is 5.26 Å². The van der Waals surface area contributed by atoms with Gasteiger partial charge in [0.1, 0.15) is 17.2 Å². The van der Waals surface area contributed by atoms with Crippen molar-refractivity contribution < 1.29 is 9.53 Å². The minimum absolute atomic E-state index is 0.129. The van der Waals surface area contributed by atoms with Crippen LogP contribution in [0.5, 0.6) is 0 Å². The zero-order valence-electron chi connectivity index (χ0n) is 12.8. The normalized spacial score (nSPS) is 18.1. The smallest absolute Gasteiger partial charge is 0.410 e. The van der Waals surface area contributed by atoms with Crippen molar-refractivity contribution in [2.75, 3.05) is 13.1 Å². The monoisotopic (exact) mass is 306 g/mol. The highest BCUT2D eigenvalue weighted by molar-refractivity contribution is 5.68.